The van der Waals surface area contributed by atoms with Crippen molar-refractivity contribution in [1.82, 2.24) is 5.43 Å². The van der Waals surface area contributed by atoms with Crippen LogP contribution in [0.3, 0.4) is 0 Å². The summed E-state index contributed by atoms with van der Waals surface area (Å²) >= 11 is 3.48. The van der Waals surface area contributed by atoms with Crippen LogP contribution in [0.1, 0.15) is 28.6 Å². The van der Waals surface area contributed by atoms with Crippen molar-refractivity contribution in [3.8, 4) is 11.5 Å². The zero-order chi connectivity index (χ0) is 23.2. The third kappa shape index (κ3) is 5.40. The minimum absolute atomic E-state index is 0.0557. The maximum Gasteiger partial charge on any atom is 0.307 e. The van der Waals surface area contributed by atoms with Gasteiger partial charge in [-0.25, -0.2) is 9.82 Å². The number of hydrogen-bond donors (Lipinski definition) is 1. The quantitative estimate of drug-likeness (QED) is 0.230. The van der Waals surface area contributed by atoms with Crippen molar-refractivity contribution >= 4 is 39.0 Å². The molecule has 1 amide bonds. The second-order valence-electron chi connectivity index (χ2n) is 6.98. The molecule has 3 aromatic carbocycles. The molecule has 1 N–H and O–H groups in total. The average molecular weight is 511 g/mol. The lowest BCUT2D eigenvalue weighted by Crippen LogP contribution is -2.16. The van der Waals surface area contributed by atoms with Gasteiger partial charge in [0, 0.05) is 21.0 Å². The monoisotopic (exact) mass is 510 g/mol. The van der Waals surface area contributed by atoms with E-state index < -0.39 is 5.91 Å². The lowest BCUT2D eigenvalue weighted by molar-refractivity contribution is 0.0929. The fourth-order valence-electron chi connectivity index (χ4n) is 3.11. The number of fused-ring (bicyclic) bond motifs is 1. The van der Waals surface area contributed by atoms with Gasteiger partial charge in [0.05, 0.1) is 12.8 Å². The molecule has 0 aliphatic carbocycles. The Morgan fingerprint density at radius 2 is 1.85 bits per heavy atom. The number of halogens is 2. The van der Waals surface area contributed by atoms with Crippen molar-refractivity contribution in [2.24, 2.45) is 5.10 Å². The summed E-state index contributed by atoms with van der Waals surface area (Å²) in [4.78, 5) is 12.4. The first kappa shape index (κ1) is 22.5. The fourth-order valence-corrected chi connectivity index (χ4v) is 3.54. The average Bonchev–Trinajstić information content (AvgIpc) is 3.25. The van der Waals surface area contributed by atoms with Crippen LogP contribution in [0.4, 0.5) is 4.39 Å². The molecular formula is C25H20BrFN2O4. The van der Waals surface area contributed by atoms with E-state index in [0.717, 1.165) is 5.39 Å². The highest BCUT2D eigenvalue weighted by atomic mass is 79.9. The predicted molar refractivity (Wildman–Crippen MR) is 127 cm³/mol. The van der Waals surface area contributed by atoms with E-state index in [9.17, 15) is 9.18 Å². The van der Waals surface area contributed by atoms with E-state index in [1.165, 1.54) is 12.3 Å². The maximum atomic E-state index is 13.9. The normalized spacial score (nSPS) is 11.1. The van der Waals surface area contributed by atoms with Crippen LogP contribution in [-0.2, 0) is 6.61 Å². The molecule has 6 nitrogen and oxygen atoms in total. The molecule has 4 rings (SSSR count). The van der Waals surface area contributed by atoms with Crippen molar-refractivity contribution in [2.45, 2.75) is 13.5 Å². The van der Waals surface area contributed by atoms with Gasteiger partial charge in [-0.1, -0.05) is 36.4 Å². The van der Waals surface area contributed by atoms with Crippen molar-refractivity contribution in [3.63, 3.8) is 0 Å². The zero-order valence-electron chi connectivity index (χ0n) is 17.7. The molecule has 0 aliphatic heterocycles. The summed E-state index contributed by atoms with van der Waals surface area (Å²) in [6.07, 6.45) is 1.48. The number of benzene rings is 3. The van der Waals surface area contributed by atoms with E-state index in [1.807, 2.05) is 25.1 Å². The van der Waals surface area contributed by atoms with Gasteiger partial charge < -0.3 is 13.9 Å². The highest BCUT2D eigenvalue weighted by Crippen LogP contribution is 2.34. The SMILES string of the molecule is CCOc1cc(/C=N/NC(=O)c2cc3ccccc3o2)c(Br)cc1OCc1ccccc1F. The van der Waals surface area contributed by atoms with Crippen LogP contribution in [0.2, 0.25) is 0 Å². The van der Waals surface area contributed by atoms with E-state index >= 15 is 0 Å². The molecule has 0 spiro atoms. The molecule has 0 fully saturated rings. The zero-order valence-corrected chi connectivity index (χ0v) is 19.3. The van der Waals surface area contributed by atoms with Gasteiger partial charge in [-0.2, -0.15) is 5.10 Å². The molecule has 0 saturated heterocycles. The second kappa shape index (κ2) is 10.3. The maximum absolute atomic E-state index is 13.9. The summed E-state index contributed by atoms with van der Waals surface area (Å²) in [6, 6.07) is 18.9. The minimum atomic E-state index is -0.464. The van der Waals surface area contributed by atoms with Gasteiger partial charge in [0.2, 0.25) is 0 Å². The van der Waals surface area contributed by atoms with E-state index in [4.69, 9.17) is 13.9 Å². The Bertz CT molecular complexity index is 1290. The molecule has 1 heterocycles. The van der Waals surface area contributed by atoms with Gasteiger partial charge in [0.25, 0.3) is 0 Å². The van der Waals surface area contributed by atoms with Crippen LogP contribution in [0.5, 0.6) is 11.5 Å². The van der Waals surface area contributed by atoms with Crippen LogP contribution in [0.15, 0.2) is 80.7 Å². The summed E-state index contributed by atoms with van der Waals surface area (Å²) in [5, 5.41) is 4.86. The molecule has 1 aromatic heterocycles. The van der Waals surface area contributed by atoms with Crippen molar-refractivity contribution in [2.75, 3.05) is 6.61 Å². The van der Waals surface area contributed by atoms with Crippen LogP contribution < -0.4 is 14.9 Å². The fraction of sp³-hybridized carbons (Fsp3) is 0.120. The van der Waals surface area contributed by atoms with Crippen LogP contribution in [0.25, 0.3) is 11.0 Å². The van der Waals surface area contributed by atoms with E-state index in [-0.39, 0.29) is 18.2 Å². The molecule has 0 bridgehead atoms. The van der Waals surface area contributed by atoms with Gasteiger partial charge in [-0.05, 0) is 53.2 Å². The Hall–Kier alpha value is -3.65. The second-order valence-corrected chi connectivity index (χ2v) is 7.84. The number of hydrogen-bond acceptors (Lipinski definition) is 5. The first-order valence-electron chi connectivity index (χ1n) is 10.2. The summed E-state index contributed by atoms with van der Waals surface area (Å²) in [7, 11) is 0. The molecular weight excluding hydrogens is 491 g/mol. The van der Waals surface area contributed by atoms with E-state index in [1.54, 1.807) is 42.5 Å². The highest BCUT2D eigenvalue weighted by Gasteiger charge is 2.13. The number of carbonyl (C=O) groups is 1. The summed E-state index contributed by atoms with van der Waals surface area (Å²) < 4.78 is 31.6. The van der Waals surface area contributed by atoms with Crippen molar-refractivity contribution in [1.29, 1.82) is 0 Å². The van der Waals surface area contributed by atoms with Gasteiger partial charge in [0.15, 0.2) is 17.3 Å². The predicted octanol–water partition coefficient (Wildman–Crippen LogP) is 6.08. The Morgan fingerprint density at radius 3 is 2.64 bits per heavy atom. The summed E-state index contributed by atoms with van der Waals surface area (Å²) in [5.74, 6) is 0.295. The molecule has 0 radical (unpaired) electrons. The molecule has 0 aliphatic rings. The number of furan rings is 1. The highest BCUT2D eigenvalue weighted by molar-refractivity contribution is 9.10. The van der Waals surface area contributed by atoms with Crippen molar-refractivity contribution < 1.29 is 23.1 Å². The Morgan fingerprint density at radius 1 is 1.09 bits per heavy atom. The van der Waals surface area contributed by atoms with E-state index in [0.29, 0.717) is 39.3 Å². The molecule has 0 unspecified atom stereocenters. The lowest BCUT2D eigenvalue weighted by Gasteiger charge is -2.14. The number of para-hydroxylation sites is 1. The molecule has 168 valence electrons. The summed E-state index contributed by atoms with van der Waals surface area (Å²) in [5.41, 5.74) is 4.18. The Balaban J connectivity index is 1.47. The van der Waals surface area contributed by atoms with Crippen LogP contribution in [0, 0.1) is 5.82 Å². The summed E-state index contributed by atoms with van der Waals surface area (Å²) in [6.45, 7) is 2.32. The van der Waals surface area contributed by atoms with Crippen LogP contribution >= 0.6 is 15.9 Å². The van der Waals surface area contributed by atoms with E-state index in [2.05, 4.69) is 26.5 Å². The standard InChI is InChI=1S/C25H20BrFN2O4/c1-2-31-22-12-18(19(26)13-23(22)32-15-17-8-3-5-9-20(17)27)14-28-29-25(30)24-11-16-7-4-6-10-21(16)33-24/h3-14H,2,15H2,1H3,(H,29,30)/b28-14+. The Kier molecular flexibility index (Phi) is 7.04. The number of carbonyl (C=O) groups excluding carboxylic acids is 1. The molecule has 0 saturated carbocycles. The third-order valence-electron chi connectivity index (χ3n) is 4.72. The Labute approximate surface area is 198 Å². The number of nitrogens with zero attached hydrogens (tertiary/aromatic N) is 1. The van der Waals surface area contributed by atoms with Crippen molar-refractivity contribution in [3.05, 3.63) is 93.9 Å². The largest absolute Gasteiger partial charge is 0.490 e. The van der Waals surface area contributed by atoms with Gasteiger partial charge in [-0.15, -0.1) is 0 Å². The number of nitrogens with one attached hydrogen (secondary N) is 1. The van der Waals surface area contributed by atoms with Gasteiger partial charge >= 0.3 is 5.91 Å². The first-order chi connectivity index (χ1) is 16.0. The smallest absolute Gasteiger partial charge is 0.307 e. The number of ether oxygens (including phenoxy) is 2. The van der Waals surface area contributed by atoms with Crippen LogP contribution in [-0.4, -0.2) is 18.7 Å². The lowest BCUT2D eigenvalue weighted by atomic mass is 10.2. The number of rotatable bonds is 8. The molecule has 8 heteroatoms. The van der Waals surface area contributed by atoms with Gasteiger partial charge in [-0.3, -0.25) is 4.79 Å². The van der Waals surface area contributed by atoms with Gasteiger partial charge in [0.1, 0.15) is 18.0 Å². The topological polar surface area (TPSA) is 73.1 Å². The molecule has 4 aromatic rings. The molecule has 0 atom stereocenters. The minimum Gasteiger partial charge on any atom is -0.490 e. The molecule has 33 heavy (non-hydrogen) atoms. The number of amides is 1. The third-order valence-corrected chi connectivity index (χ3v) is 5.41. The first-order valence-corrected chi connectivity index (χ1v) is 11.0. The number of hydrazone groups is 1.